The highest BCUT2D eigenvalue weighted by Gasteiger charge is 2.51. The highest BCUT2D eigenvalue weighted by molar-refractivity contribution is 14.0. The number of quaternary nitrogens is 1. The van der Waals surface area contributed by atoms with Crippen molar-refractivity contribution in [3.63, 3.8) is 0 Å². The van der Waals surface area contributed by atoms with Crippen molar-refractivity contribution in [1.29, 1.82) is 0 Å². The van der Waals surface area contributed by atoms with E-state index in [4.69, 9.17) is 10.2 Å². The quantitative estimate of drug-likeness (QED) is 0.222. The molecule has 2 atom stereocenters. The summed E-state index contributed by atoms with van der Waals surface area (Å²) in [6, 6.07) is -0.601. The van der Waals surface area contributed by atoms with Gasteiger partial charge in [-0.05, 0) is 19.6 Å². The van der Waals surface area contributed by atoms with E-state index in [1.807, 2.05) is 0 Å². The summed E-state index contributed by atoms with van der Waals surface area (Å²) in [5.41, 5.74) is 6.69. The molecule has 0 aromatic carbocycles. The number of hydrogen-bond acceptors (Lipinski definition) is 6. The van der Waals surface area contributed by atoms with E-state index in [1.54, 1.807) is 11.8 Å². The average Bonchev–Trinajstić information content (AvgIpc) is 3.00. The van der Waals surface area contributed by atoms with Crippen molar-refractivity contribution in [3.05, 3.63) is 11.3 Å². The van der Waals surface area contributed by atoms with Crippen molar-refractivity contribution in [3.8, 4) is 0 Å². The molecular formula is C17H30IN3O4SSi. The molecule has 0 radical (unpaired) electrons. The van der Waals surface area contributed by atoms with E-state index in [0.717, 1.165) is 42.5 Å². The van der Waals surface area contributed by atoms with Crippen LogP contribution in [-0.2, 0) is 14.0 Å². The van der Waals surface area contributed by atoms with Crippen LogP contribution in [0.15, 0.2) is 11.3 Å². The van der Waals surface area contributed by atoms with Gasteiger partial charge in [-0.1, -0.05) is 0 Å². The van der Waals surface area contributed by atoms with Gasteiger partial charge in [-0.25, -0.2) is 0 Å². The third-order valence-corrected chi connectivity index (χ3v) is 7.85. The molecule has 3 heterocycles. The van der Waals surface area contributed by atoms with Crippen molar-refractivity contribution < 1.29 is 23.6 Å². The number of aliphatic carboxylic acids is 1. The summed E-state index contributed by atoms with van der Waals surface area (Å²) in [7, 11) is -1.57. The highest BCUT2D eigenvalue weighted by atomic mass is 127. The Morgan fingerprint density at radius 1 is 1.37 bits per heavy atom. The zero-order valence-electron chi connectivity index (χ0n) is 16.2. The maximum Gasteiger partial charge on any atom is 0.248 e. The minimum Gasteiger partial charge on any atom is -0.543 e. The molecule has 2 N–H and O–H groups in total. The number of nitrogens with two attached hydrogens (primary N) is 1. The summed E-state index contributed by atoms with van der Waals surface area (Å²) in [5.74, 6) is -0.976. The van der Waals surface area contributed by atoms with E-state index in [-0.39, 0.29) is 41.0 Å². The number of halogens is 1. The molecule has 2 fully saturated rings. The number of carbonyl (C=O) groups is 2. The van der Waals surface area contributed by atoms with E-state index >= 15 is 0 Å². The summed E-state index contributed by atoms with van der Waals surface area (Å²) in [5, 5.41) is 11.5. The first-order valence-corrected chi connectivity index (χ1v) is 13.7. The van der Waals surface area contributed by atoms with E-state index in [1.165, 1.54) is 4.90 Å². The normalized spacial score (nSPS) is 27.1. The number of rotatable bonds is 7. The topological polar surface area (TPSA) is 95.7 Å². The third kappa shape index (κ3) is 4.89. The van der Waals surface area contributed by atoms with E-state index < -0.39 is 20.3 Å². The number of thioether (sulfide) groups is 1. The van der Waals surface area contributed by atoms with Gasteiger partial charge in [0.15, 0.2) is 8.32 Å². The Morgan fingerprint density at radius 3 is 2.56 bits per heavy atom. The second-order valence-corrected chi connectivity index (χ2v) is 14.1. The number of β-lactam (4-membered cyclic amide) rings is 1. The Kier molecular flexibility index (Phi) is 7.45. The van der Waals surface area contributed by atoms with Gasteiger partial charge >= 0.3 is 0 Å². The van der Waals surface area contributed by atoms with Crippen molar-refractivity contribution in [2.75, 3.05) is 38.5 Å². The van der Waals surface area contributed by atoms with Gasteiger partial charge in [0.25, 0.3) is 0 Å². The number of fused-ring (bicyclic) bond motifs is 1. The summed E-state index contributed by atoms with van der Waals surface area (Å²) < 4.78 is 6.90. The number of carbonyl (C=O) groups excluding carboxylic acids is 2. The molecule has 2 saturated heterocycles. The van der Waals surface area contributed by atoms with Crippen LogP contribution in [0.5, 0.6) is 0 Å². The predicted octanol–water partition coefficient (Wildman–Crippen LogP) is 0.313. The second-order valence-electron chi connectivity index (χ2n) is 8.51. The van der Waals surface area contributed by atoms with Crippen LogP contribution in [0.3, 0.4) is 0 Å². The van der Waals surface area contributed by atoms with Crippen LogP contribution in [0.4, 0.5) is 0 Å². The molecule has 0 unspecified atom stereocenters. The maximum atomic E-state index is 12.1. The van der Waals surface area contributed by atoms with Gasteiger partial charge in [0.2, 0.25) is 5.91 Å². The lowest BCUT2D eigenvalue weighted by atomic mass is 10.0. The molecule has 1 amide bonds. The number of carboxylic acid groups (broad SMARTS) is 1. The third-order valence-electron chi connectivity index (χ3n) is 5.42. The molecule has 3 aliphatic rings. The smallest absolute Gasteiger partial charge is 0.248 e. The highest BCUT2D eigenvalue weighted by Crippen LogP contribution is 2.40. The first kappa shape index (κ1) is 23.1. The molecule has 3 aliphatic heterocycles. The van der Waals surface area contributed by atoms with E-state index in [2.05, 4.69) is 19.6 Å². The van der Waals surface area contributed by atoms with Gasteiger partial charge in [0.1, 0.15) is 24.5 Å². The van der Waals surface area contributed by atoms with Crippen LogP contribution in [0.25, 0.3) is 0 Å². The molecule has 0 aromatic rings. The fraction of sp³-hybridized carbons (Fsp3) is 0.765. The molecule has 154 valence electrons. The van der Waals surface area contributed by atoms with Crippen molar-refractivity contribution in [2.24, 2.45) is 5.73 Å². The van der Waals surface area contributed by atoms with Crippen LogP contribution >= 0.6 is 35.7 Å². The molecule has 0 saturated carbocycles. The maximum absolute atomic E-state index is 12.1. The summed E-state index contributed by atoms with van der Waals surface area (Å²) in [4.78, 5) is 25.2. The number of amides is 1. The second kappa shape index (κ2) is 8.70. The molecule has 0 aromatic heterocycles. The fourth-order valence-corrected chi connectivity index (χ4v) is 6.09. The number of carboxylic acids is 1. The molecule has 7 nitrogen and oxygen atoms in total. The van der Waals surface area contributed by atoms with Crippen LogP contribution in [-0.4, -0.2) is 79.5 Å². The van der Waals surface area contributed by atoms with Gasteiger partial charge in [-0.15, -0.1) is 35.7 Å². The lowest BCUT2D eigenvalue weighted by Gasteiger charge is -2.50. The zero-order chi connectivity index (χ0) is 19.1. The number of nitrogens with zero attached hydrogens (tertiary/aromatic N) is 2. The molecular weight excluding hydrogens is 497 g/mol. The van der Waals surface area contributed by atoms with Gasteiger partial charge in [-0.3, -0.25) is 9.69 Å². The van der Waals surface area contributed by atoms with Crippen LogP contribution < -0.4 is 10.8 Å². The van der Waals surface area contributed by atoms with Crippen LogP contribution in [0.1, 0.15) is 12.8 Å². The fourth-order valence-electron chi connectivity index (χ4n) is 4.11. The van der Waals surface area contributed by atoms with E-state index in [0.29, 0.717) is 18.9 Å². The molecule has 0 aliphatic carbocycles. The Bertz CT molecular complexity index is 634. The summed E-state index contributed by atoms with van der Waals surface area (Å²) in [6.07, 6.45) is 2.29. The van der Waals surface area contributed by atoms with Crippen molar-refractivity contribution in [2.45, 2.75) is 43.9 Å². The lowest BCUT2D eigenvalue weighted by molar-refractivity contribution is -0.912. The van der Waals surface area contributed by atoms with Gasteiger partial charge in [0, 0.05) is 24.2 Å². The first-order chi connectivity index (χ1) is 12.1. The molecule has 3 rings (SSSR count). The zero-order valence-corrected chi connectivity index (χ0v) is 20.4. The average molecular weight is 528 g/mol. The molecule has 10 heteroatoms. The molecule has 27 heavy (non-hydrogen) atoms. The molecule has 0 bridgehead atoms. The van der Waals surface area contributed by atoms with Gasteiger partial charge < -0.3 is 24.5 Å². The minimum absolute atomic E-state index is 0. The van der Waals surface area contributed by atoms with Gasteiger partial charge in [0.05, 0.1) is 31.4 Å². The Labute approximate surface area is 183 Å². The molecule has 0 spiro atoms. The summed E-state index contributed by atoms with van der Waals surface area (Å²) in [6.45, 7) is 10.8. The van der Waals surface area contributed by atoms with Crippen molar-refractivity contribution >= 4 is 55.9 Å². The lowest BCUT2D eigenvalue weighted by Crippen LogP contribution is -2.69. The van der Waals surface area contributed by atoms with Crippen LogP contribution in [0.2, 0.25) is 19.6 Å². The SMILES string of the molecule is C[Si](C)(C)OCC[N+]1(CC2=C(C(=O)[O-])N3C(=O)[C@@H](N)[C@H]3SC2)CCCC1.I. The van der Waals surface area contributed by atoms with Crippen LogP contribution in [0, 0.1) is 0 Å². The number of hydrogen-bond donors (Lipinski definition) is 1. The predicted molar refractivity (Wildman–Crippen MR) is 117 cm³/mol. The number of likely N-dealkylation sites (tertiary alicyclic amines) is 1. The first-order valence-electron chi connectivity index (χ1n) is 9.26. The summed E-state index contributed by atoms with van der Waals surface area (Å²) >= 11 is 1.56. The largest absolute Gasteiger partial charge is 0.543 e. The Hall–Kier alpha value is -0.143. The Morgan fingerprint density at radius 2 is 2.00 bits per heavy atom. The monoisotopic (exact) mass is 527 g/mol. The van der Waals surface area contributed by atoms with Gasteiger partial charge in [-0.2, -0.15) is 0 Å². The van der Waals surface area contributed by atoms with E-state index in [9.17, 15) is 14.7 Å². The standard InChI is InChI=1S/C17H29N3O4SSi.HI/c1-26(2,3)24-9-8-20(6-4-5-7-20)10-12-11-25-16-13(18)15(21)19(16)14(12)17(22)23;/h13,16H,4-11,18H2,1-3H3;1H/t13-,16-;/m1./s1. The van der Waals surface area contributed by atoms with Crippen molar-refractivity contribution in [1.82, 2.24) is 4.90 Å². The minimum atomic E-state index is -1.57. The Balaban J connectivity index is 0.00000261.